The van der Waals surface area contributed by atoms with Crippen LogP contribution in [0, 0.1) is 5.82 Å². The molecule has 8 nitrogen and oxygen atoms in total. The minimum Gasteiger partial charge on any atom is -0.367 e. The first-order valence-corrected chi connectivity index (χ1v) is 15.2. The highest BCUT2D eigenvalue weighted by molar-refractivity contribution is 7.92. The van der Waals surface area contributed by atoms with E-state index in [-0.39, 0.29) is 5.82 Å². The highest BCUT2D eigenvalue weighted by Gasteiger charge is 2.31. The molecule has 0 spiro atoms. The lowest BCUT2D eigenvalue weighted by Gasteiger charge is -2.36. The molecule has 6 rings (SSSR count). The van der Waals surface area contributed by atoms with Gasteiger partial charge in [-0.2, -0.15) is 0 Å². The maximum Gasteiger partial charge on any atom is 0.232 e. The summed E-state index contributed by atoms with van der Waals surface area (Å²) >= 11 is 0. The first-order valence-electron chi connectivity index (χ1n) is 13.4. The summed E-state index contributed by atoms with van der Waals surface area (Å²) < 4.78 is 40.9. The van der Waals surface area contributed by atoms with Crippen molar-refractivity contribution in [1.82, 2.24) is 14.9 Å². The van der Waals surface area contributed by atoms with Gasteiger partial charge in [0.15, 0.2) is 0 Å². The molecule has 1 saturated carbocycles. The zero-order valence-electron chi connectivity index (χ0n) is 22.3. The van der Waals surface area contributed by atoms with E-state index in [1.165, 1.54) is 30.5 Å². The Balaban J connectivity index is 1.23. The van der Waals surface area contributed by atoms with E-state index in [2.05, 4.69) is 15.1 Å². The van der Waals surface area contributed by atoms with Gasteiger partial charge in [0.05, 0.1) is 29.0 Å². The molecule has 1 aliphatic heterocycles. The standard InChI is InChI=1S/C29H33FN6O2S/c1-34(39(2,37)38)27-9-4-3-7-25(27)32-29-22-6-5-8-24(22)31-28(33-29)19-20-10-13-26(23(30)18-20)36-16-14-35(15-17-36)21-11-12-21/h3-7,9-10,13,18,21H,8,11-12,14-17,19H2,1-2H3,(H,31,32,33). The molecule has 1 aromatic heterocycles. The maximum atomic E-state index is 15.2. The number of anilines is 4. The molecule has 10 heteroatoms. The van der Waals surface area contributed by atoms with Crippen molar-refractivity contribution in [1.29, 1.82) is 0 Å². The van der Waals surface area contributed by atoms with Crippen molar-refractivity contribution in [2.75, 3.05) is 54.0 Å². The summed E-state index contributed by atoms with van der Waals surface area (Å²) in [5.74, 6) is 0.967. The first kappa shape index (κ1) is 25.8. The minimum absolute atomic E-state index is 0.216. The van der Waals surface area contributed by atoms with Crippen LogP contribution in [-0.4, -0.2) is 68.8 Å². The molecule has 2 aromatic carbocycles. The van der Waals surface area contributed by atoms with Gasteiger partial charge in [-0.15, -0.1) is 0 Å². The average Bonchev–Trinajstić information content (AvgIpc) is 3.65. The molecule has 0 radical (unpaired) electrons. The topological polar surface area (TPSA) is 81.7 Å². The third kappa shape index (κ3) is 5.49. The average molecular weight is 549 g/mol. The van der Waals surface area contributed by atoms with Gasteiger partial charge in [0, 0.05) is 57.7 Å². The lowest BCUT2D eigenvalue weighted by atomic mass is 10.1. The zero-order chi connectivity index (χ0) is 27.1. The predicted molar refractivity (Wildman–Crippen MR) is 154 cm³/mol. The minimum atomic E-state index is -3.45. The number of halogens is 1. The number of sulfonamides is 1. The summed E-state index contributed by atoms with van der Waals surface area (Å²) in [5, 5.41) is 3.34. The number of allylic oxidation sites excluding steroid dienone is 1. The van der Waals surface area contributed by atoms with Crippen molar-refractivity contribution in [3.63, 3.8) is 0 Å². The van der Waals surface area contributed by atoms with Gasteiger partial charge in [-0.1, -0.05) is 30.4 Å². The van der Waals surface area contributed by atoms with Crippen LogP contribution in [-0.2, 0) is 22.9 Å². The van der Waals surface area contributed by atoms with E-state index >= 15 is 4.39 Å². The lowest BCUT2D eigenvalue weighted by Crippen LogP contribution is -2.47. The van der Waals surface area contributed by atoms with Gasteiger partial charge in [0.25, 0.3) is 0 Å². The Labute approximate surface area is 229 Å². The number of hydrogen-bond donors (Lipinski definition) is 1. The summed E-state index contributed by atoms with van der Waals surface area (Å²) in [6, 6.07) is 13.4. The number of benzene rings is 2. The van der Waals surface area contributed by atoms with E-state index in [9.17, 15) is 8.42 Å². The molecule has 2 fully saturated rings. The SMILES string of the molecule is CN(c1ccccc1Nc1nc(Cc2ccc(N3CCN(C4CC4)CC3)c(F)c2)nc2c1C=CC2)S(C)(=O)=O. The molecule has 1 N–H and O–H groups in total. The normalized spacial score (nSPS) is 17.4. The van der Waals surface area contributed by atoms with Crippen LogP contribution >= 0.6 is 0 Å². The first-order chi connectivity index (χ1) is 18.8. The van der Waals surface area contributed by atoms with Crippen LogP contribution in [0.2, 0.25) is 0 Å². The summed E-state index contributed by atoms with van der Waals surface area (Å²) in [6.07, 6.45) is 8.84. The summed E-state index contributed by atoms with van der Waals surface area (Å²) in [7, 11) is -1.92. The maximum absolute atomic E-state index is 15.2. The van der Waals surface area contributed by atoms with Crippen LogP contribution in [0.1, 0.15) is 35.5 Å². The van der Waals surface area contributed by atoms with Gasteiger partial charge in [0.2, 0.25) is 10.0 Å². The van der Waals surface area contributed by atoms with Gasteiger partial charge in [-0.25, -0.2) is 22.8 Å². The van der Waals surface area contributed by atoms with Crippen molar-refractivity contribution in [2.45, 2.75) is 31.7 Å². The summed E-state index contributed by atoms with van der Waals surface area (Å²) in [5.41, 5.74) is 4.37. The second-order valence-corrected chi connectivity index (χ2v) is 12.6. The molecule has 3 aromatic rings. The van der Waals surface area contributed by atoms with Crippen LogP contribution < -0.4 is 14.5 Å². The number of hydrogen-bond acceptors (Lipinski definition) is 7. The van der Waals surface area contributed by atoms with E-state index in [0.717, 1.165) is 49.0 Å². The van der Waals surface area contributed by atoms with E-state index in [0.29, 0.717) is 41.5 Å². The number of nitrogens with zero attached hydrogens (tertiary/aromatic N) is 5. The Morgan fingerprint density at radius 2 is 1.85 bits per heavy atom. The molecule has 3 aliphatic rings. The van der Waals surface area contributed by atoms with Crippen molar-refractivity contribution >= 4 is 39.0 Å². The monoisotopic (exact) mass is 548 g/mol. The summed E-state index contributed by atoms with van der Waals surface area (Å²) in [6.45, 7) is 3.67. The quantitative estimate of drug-likeness (QED) is 0.452. The second kappa shape index (κ2) is 10.2. The number of rotatable bonds is 8. The highest BCUT2D eigenvalue weighted by atomic mass is 32.2. The largest absolute Gasteiger partial charge is 0.367 e. The number of fused-ring (bicyclic) bond motifs is 1. The molecule has 2 heterocycles. The summed E-state index contributed by atoms with van der Waals surface area (Å²) in [4.78, 5) is 14.2. The fourth-order valence-corrected chi connectivity index (χ4v) is 5.90. The van der Waals surface area contributed by atoms with Gasteiger partial charge in [0.1, 0.15) is 17.5 Å². The molecular formula is C29H33FN6O2S. The Bertz CT molecular complexity index is 1530. The molecular weight excluding hydrogens is 515 g/mol. The molecule has 1 saturated heterocycles. The van der Waals surface area contributed by atoms with Crippen LogP contribution in [0.5, 0.6) is 0 Å². The van der Waals surface area contributed by atoms with Gasteiger partial charge < -0.3 is 10.2 Å². The van der Waals surface area contributed by atoms with E-state index in [4.69, 9.17) is 9.97 Å². The molecule has 0 unspecified atom stereocenters. The number of para-hydroxylation sites is 2. The number of piperazine rings is 1. The van der Waals surface area contributed by atoms with E-state index < -0.39 is 10.0 Å². The second-order valence-electron chi connectivity index (χ2n) is 10.5. The predicted octanol–water partition coefficient (Wildman–Crippen LogP) is 4.20. The lowest BCUT2D eigenvalue weighted by molar-refractivity contribution is 0.247. The molecule has 0 bridgehead atoms. The Morgan fingerprint density at radius 1 is 1.08 bits per heavy atom. The molecule has 204 valence electrons. The van der Waals surface area contributed by atoms with E-state index in [1.54, 1.807) is 18.2 Å². The van der Waals surface area contributed by atoms with Crippen molar-refractivity contribution in [3.05, 3.63) is 77.0 Å². The van der Waals surface area contributed by atoms with Crippen molar-refractivity contribution in [2.24, 2.45) is 0 Å². The fraction of sp³-hybridized carbons (Fsp3) is 0.379. The third-order valence-electron chi connectivity index (χ3n) is 7.75. The Morgan fingerprint density at radius 3 is 2.56 bits per heavy atom. The van der Waals surface area contributed by atoms with Crippen molar-refractivity contribution < 1.29 is 12.8 Å². The van der Waals surface area contributed by atoms with Gasteiger partial charge in [-0.05, 0) is 42.7 Å². The zero-order valence-corrected chi connectivity index (χ0v) is 23.1. The Kier molecular flexibility index (Phi) is 6.76. The van der Waals surface area contributed by atoms with Crippen LogP contribution in [0.25, 0.3) is 6.08 Å². The number of aromatic nitrogens is 2. The van der Waals surface area contributed by atoms with E-state index in [1.807, 2.05) is 36.4 Å². The van der Waals surface area contributed by atoms with Gasteiger partial charge >= 0.3 is 0 Å². The third-order valence-corrected chi connectivity index (χ3v) is 8.94. The highest BCUT2D eigenvalue weighted by Crippen LogP contribution is 2.33. The van der Waals surface area contributed by atoms with Crippen LogP contribution in [0.3, 0.4) is 0 Å². The Hall–Kier alpha value is -3.50. The molecule has 39 heavy (non-hydrogen) atoms. The molecule has 0 amide bonds. The van der Waals surface area contributed by atoms with Gasteiger partial charge in [-0.3, -0.25) is 9.21 Å². The van der Waals surface area contributed by atoms with Crippen LogP contribution in [0.4, 0.5) is 27.3 Å². The molecule has 0 atom stereocenters. The smallest absolute Gasteiger partial charge is 0.232 e. The molecule has 2 aliphatic carbocycles. The fourth-order valence-electron chi connectivity index (χ4n) is 5.39. The van der Waals surface area contributed by atoms with Crippen molar-refractivity contribution in [3.8, 4) is 0 Å². The van der Waals surface area contributed by atoms with Crippen LogP contribution in [0.15, 0.2) is 48.5 Å². The number of nitrogens with one attached hydrogen (secondary N) is 1.